The molecule has 0 bridgehead atoms. The van der Waals surface area contributed by atoms with Crippen molar-refractivity contribution >= 4 is 10.0 Å². The molecule has 0 spiro atoms. The van der Waals surface area contributed by atoms with E-state index in [0.29, 0.717) is 24.0 Å². The third-order valence-electron chi connectivity index (χ3n) is 4.54. The Balaban J connectivity index is 1.76. The van der Waals surface area contributed by atoms with E-state index in [0.717, 1.165) is 29.8 Å². The molecule has 1 N–H and O–H groups in total. The number of rotatable bonds is 8. The third-order valence-corrected chi connectivity index (χ3v) is 6.10. The van der Waals surface area contributed by atoms with Crippen LogP contribution in [-0.2, 0) is 16.6 Å². The molecule has 172 valence electrons. The number of nitrogens with zero attached hydrogens (tertiary/aromatic N) is 2. The van der Waals surface area contributed by atoms with E-state index in [1.807, 2.05) is 38.1 Å². The van der Waals surface area contributed by atoms with Crippen LogP contribution < -0.4 is 14.2 Å². The highest BCUT2D eigenvalue weighted by Crippen LogP contribution is 2.27. The number of hydrogen-bond donors (Lipinski definition) is 1. The highest BCUT2D eigenvalue weighted by atomic mass is 32.2. The van der Waals surface area contributed by atoms with Gasteiger partial charge >= 0.3 is 12.4 Å². The number of halogens is 3. The van der Waals surface area contributed by atoms with Crippen LogP contribution in [0.25, 0.3) is 0 Å². The molecule has 0 aliphatic rings. The van der Waals surface area contributed by atoms with Crippen LogP contribution in [0.1, 0.15) is 31.1 Å². The highest BCUT2D eigenvalue weighted by Gasteiger charge is 2.31. The second-order valence-corrected chi connectivity index (χ2v) is 8.70. The zero-order chi connectivity index (χ0) is 23.5. The number of alkyl halides is 3. The van der Waals surface area contributed by atoms with Gasteiger partial charge in [-0.25, -0.2) is 18.1 Å². The molecule has 3 rings (SSSR count). The summed E-state index contributed by atoms with van der Waals surface area (Å²) < 4.78 is 76.1. The molecule has 1 unspecified atom stereocenters. The van der Waals surface area contributed by atoms with Crippen molar-refractivity contribution in [3.8, 4) is 17.5 Å². The molecule has 1 heterocycles. The summed E-state index contributed by atoms with van der Waals surface area (Å²) in [6, 6.07) is 11.0. The molecule has 0 saturated carbocycles. The number of nitrogens with one attached hydrogen (secondary N) is 1. The van der Waals surface area contributed by atoms with Crippen molar-refractivity contribution in [2.24, 2.45) is 0 Å². The molecule has 32 heavy (non-hydrogen) atoms. The lowest BCUT2D eigenvalue weighted by atomic mass is 10.2. The Morgan fingerprint density at radius 3 is 2.22 bits per heavy atom. The summed E-state index contributed by atoms with van der Waals surface area (Å²) >= 11 is 0. The van der Waals surface area contributed by atoms with Gasteiger partial charge in [0.25, 0.3) is 0 Å². The van der Waals surface area contributed by atoms with Crippen molar-refractivity contribution in [1.29, 1.82) is 0 Å². The minimum absolute atomic E-state index is 0.197. The number of aryl methyl sites for hydroxylation is 1. The predicted molar refractivity (Wildman–Crippen MR) is 111 cm³/mol. The number of ether oxygens (including phenoxy) is 2. The normalized spacial score (nSPS) is 13.1. The Kier molecular flexibility index (Phi) is 6.79. The lowest BCUT2D eigenvalue weighted by Crippen LogP contribution is -2.28. The maximum Gasteiger partial charge on any atom is 0.573 e. The number of aromatic nitrogens is 2. The molecule has 3 aromatic rings. The molecule has 0 amide bonds. The number of hydrogen-bond acceptors (Lipinski definition) is 5. The topological polar surface area (TPSA) is 82.5 Å². The van der Waals surface area contributed by atoms with Gasteiger partial charge in [0.05, 0.1) is 22.8 Å². The summed E-state index contributed by atoms with van der Waals surface area (Å²) in [5, 5.41) is 0. The van der Waals surface area contributed by atoms with Gasteiger partial charge < -0.3 is 9.47 Å². The first-order chi connectivity index (χ1) is 15.0. The number of sulfonamides is 1. The van der Waals surface area contributed by atoms with E-state index < -0.39 is 28.2 Å². The fourth-order valence-electron chi connectivity index (χ4n) is 3.01. The highest BCUT2D eigenvalue weighted by molar-refractivity contribution is 7.89. The third kappa shape index (κ3) is 5.80. The molecule has 1 atom stereocenters. The van der Waals surface area contributed by atoms with E-state index in [1.165, 1.54) is 6.20 Å². The van der Waals surface area contributed by atoms with E-state index >= 15 is 0 Å². The van der Waals surface area contributed by atoms with Crippen LogP contribution in [0.4, 0.5) is 13.2 Å². The minimum Gasteiger partial charge on any atom is -0.426 e. The maximum absolute atomic E-state index is 12.7. The van der Waals surface area contributed by atoms with E-state index in [4.69, 9.17) is 4.74 Å². The van der Waals surface area contributed by atoms with Gasteiger partial charge in [-0.2, -0.15) is 0 Å². The first kappa shape index (κ1) is 23.6. The SMILES string of the molecule is CCn1c(C(C)NS(=O)(=O)c2ccc(OC(F)(F)F)cc2)cnc1Oc1ccc(C)cc1. The van der Waals surface area contributed by atoms with E-state index in [2.05, 4.69) is 14.4 Å². The first-order valence-corrected chi connectivity index (χ1v) is 11.1. The van der Waals surface area contributed by atoms with Gasteiger partial charge in [-0.3, -0.25) is 4.57 Å². The molecule has 0 fully saturated rings. The zero-order valence-electron chi connectivity index (χ0n) is 17.6. The largest absolute Gasteiger partial charge is 0.573 e. The quantitative estimate of drug-likeness (QED) is 0.505. The molecule has 1 aromatic heterocycles. The van der Waals surface area contributed by atoms with Crippen molar-refractivity contribution < 1.29 is 31.1 Å². The van der Waals surface area contributed by atoms with Crippen molar-refractivity contribution in [3.05, 3.63) is 66.0 Å². The van der Waals surface area contributed by atoms with Gasteiger partial charge in [0.2, 0.25) is 10.0 Å². The van der Waals surface area contributed by atoms with E-state index in [-0.39, 0.29) is 4.90 Å². The summed E-state index contributed by atoms with van der Waals surface area (Å²) in [6.07, 6.45) is -3.34. The zero-order valence-corrected chi connectivity index (χ0v) is 18.4. The lowest BCUT2D eigenvalue weighted by Gasteiger charge is -2.17. The number of imidazole rings is 1. The van der Waals surface area contributed by atoms with Gasteiger partial charge in [-0.1, -0.05) is 17.7 Å². The van der Waals surface area contributed by atoms with E-state index in [9.17, 15) is 21.6 Å². The molecule has 7 nitrogen and oxygen atoms in total. The van der Waals surface area contributed by atoms with Gasteiger partial charge in [-0.15, -0.1) is 13.2 Å². The molecular formula is C21H22F3N3O4S. The van der Waals surface area contributed by atoms with Gasteiger partial charge in [0.1, 0.15) is 11.5 Å². The predicted octanol–water partition coefficient (Wildman–Crippen LogP) is 4.94. The Morgan fingerprint density at radius 2 is 1.66 bits per heavy atom. The maximum atomic E-state index is 12.7. The average Bonchev–Trinajstić information content (AvgIpc) is 3.11. The fraction of sp³-hybridized carbons (Fsp3) is 0.286. The molecule has 11 heteroatoms. The summed E-state index contributed by atoms with van der Waals surface area (Å²) in [5.74, 6) is 0.0864. The Labute approximate surface area is 183 Å². The smallest absolute Gasteiger partial charge is 0.426 e. The van der Waals surface area contributed by atoms with Gasteiger partial charge in [0, 0.05) is 6.54 Å². The van der Waals surface area contributed by atoms with Crippen molar-refractivity contribution in [3.63, 3.8) is 0 Å². The van der Waals surface area contributed by atoms with Crippen molar-refractivity contribution in [2.45, 2.75) is 44.6 Å². The van der Waals surface area contributed by atoms with Crippen LogP contribution in [0.5, 0.6) is 17.5 Å². The second kappa shape index (κ2) is 9.21. The summed E-state index contributed by atoms with van der Waals surface area (Å²) in [7, 11) is -4.02. The van der Waals surface area contributed by atoms with E-state index in [1.54, 1.807) is 11.5 Å². The Hall–Kier alpha value is -3.05. The summed E-state index contributed by atoms with van der Waals surface area (Å²) in [6.45, 7) is 5.94. The van der Waals surface area contributed by atoms with Gasteiger partial charge in [0.15, 0.2) is 0 Å². The average molecular weight is 469 g/mol. The van der Waals surface area contributed by atoms with Crippen LogP contribution >= 0.6 is 0 Å². The molecule has 2 aromatic carbocycles. The lowest BCUT2D eigenvalue weighted by molar-refractivity contribution is -0.274. The van der Waals surface area contributed by atoms with Crippen molar-refractivity contribution in [1.82, 2.24) is 14.3 Å². The van der Waals surface area contributed by atoms with Crippen molar-refractivity contribution in [2.75, 3.05) is 0 Å². The van der Waals surface area contributed by atoms with Crippen LogP contribution in [0, 0.1) is 6.92 Å². The minimum atomic E-state index is -4.86. The summed E-state index contributed by atoms with van der Waals surface area (Å²) in [5.41, 5.74) is 1.65. The monoisotopic (exact) mass is 469 g/mol. The van der Waals surface area contributed by atoms with Crippen LogP contribution in [0.3, 0.4) is 0 Å². The second-order valence-electron chi connectivity index (χ2n) is 6.99. The fourth-order valence-corrected chi connectivity index (χ4v) is 4.23. The standard InChI is InChI=1S/C21H22F3N3O4S/c1-4-27-19(13-25-20(27)30-16-7-5-14(2)6-8-16)15(3)26-32(28,29)18-11-9-17(10-12-18)31-21(22,23)24/h5-13,15,26H,4H2,1-3H3. The molecule has 0 radical (unpaired) electrons. The van der Waals surface area contributed by atoms with Crippen LogP contribution in [0.15, 0.2) is 59.6 Å². The number of benzene rings is 2. The van der Waals surface area contributed by atoms with Crippen LogP contribution in [-0.4, -0.2) is 24.3 Å². The molecular weight excluding hydrogens is 447 g/mol. The summed E-state index contributed by atoms with van der Waals surface area (Å²) in [4.78, 5) is 4.06. The van der Waals surface area contributed by atoms with Gasteiger partial charge in [-0.05, 0) is 57.2 Å². The molecule has 0 aliphatic carbocycles. The molecule has 0 aliphatic heterocycles. The Bertz CT molecular complexity index is 1160. The first-order valence-electron chi connectivity index (χ1n) is 9.66. The Morgan fingerprint density at radius 1 is 1.06 bits per heavy atom. The van der Waals surface area contributed by atoms with Crippen LogP contribution in [0.2, 0.25) is 0 Å². The molecule has 0 saturated heterocycles.